The van der Waals surface area contributed by atoms with E-state index in [-0.39, 0.29) is 18.4 Å². The molecule has 14 heavy (non-hydrogen) atoms. The minimum atomic E-state index is -0.281. The molecule has 0 aliphatic carbocycles. The third-order valence-electron chi connectivity index (χ3n) is 1.89. The minimum absolute atomic E-state index is 0.219. The van der Waals surface area contributed by atoms with E-state index in [0.29, 0.717) is 0 Å². The molecule has 0 aliphatic rings. The third-order valence-corrected chi connectivity index (χ3v) is 2.56. The number of esters is 1. The van der Waals surface area contributed by atoms with Crippen molar-refractivity contribution in [3.05, 3.63) is 33.4 Å². The van der Waals surface area contributed by atoms with Gasteiger partial charge in [-0.2, -0.15) is 0 Å². The molecule has 0 fully saturated rings. The lowest BCUT2D eigenvalue weighted by atomic mass is 10.1. The average Bonchev–Trinajstić information content (AvgIpc) is 2.17. The van der Waals surface area contributed by atoms with Gasteiger partial charge in [0.1, 0.15) is 0 Å². The fourth-order valence-electron chi connectivity index (χ4n) is 1.12. The van der Waals surface area contributed by atoms with Gasteiger partial charge in [-0.3, -0.25) is 4.79 Å². The maximum absolute atomic E-state index is 11.0. The van der Waals surface area contributed by atoms with E-state index in [4.69, 9.17) is 5.73 Å². The molecule has 1 atom stereocenters. The molecule has 0 bridgehead atoms. The molecule has 0 saturated carbocycles. The summed E-state index contributed by atoms with van der Waals surface area (Å²) in [7, 11) is 1.36. The number of benzene rings is 1. The highest BCUT2D eigenvalue weighted by Gasteiger charge is 2.11. The van der Waals surface area contributed by atoms with Crippen molar-refractivity contribution in [1.29, 1.82) is 0 Å². The zero-order chi connectivity index (χ0) is 10.6. The van der Waals surface area contributed by atoms with Gasteiger partial charge in [-0.1, -0.05) is 12.1 Å². The topological polar surface area (TPSA) is 52.3 Å². The Hall–Kier alpha value is -0.620. The van der Waals surface area contributed by atoms with Crippen molar-refractivity contribution in [2.24, 2.45) is 5.73 Å². The van der Waals surface area contributed by atoms with Gasteiger partial charge in [0.2, 0.25) is 0 Å². The number of ether oxygens (including phenoxy) is 1. The zero-order valence-corrected chi connectivity index (χ0v) is 10.0. The fraction of sp³-hybridized carbons (Fsp3) is 0.300. The van der Waals surface area contributed by atoms with Crippen molar-refractivity contribution in [1.82, 2.24) is 0 Å². The molecule has 1 aromatic rings. The van der Waals surface area contributed by atoms with Gasteiger partial charge in [0.15, 0.2) is 0 Å². The molecular weight excluding hydrogens is 293 g/mol. The number of methoxy groups -OCH3 is 1. The van der Waals surface area contributed by atoms with Crippen molar-refractivity contribution in [2.45, 2.75) is 12.5 Å². The van der Waals surface area contributed by atoms with Crippen molar-refractivity contribution >= 4 is 28.6 Å². The summed E-state index contributed by atoms with van der Waals surface area (Å²) in [5, 5.41) is 0. The van der Waals surface area contributed by atoms with Gasteiger partial charge in [0.05, 0.1) is 13.5 Å². The Bertz CT molecular complexity index is 328. The molecule has 1 rings (SSSR count). The maximum Gasteiger partial charge on any atom is 0.307 e. The lowest BCUT2D eigenvalue weighted by molar-refractivity contribution is -0.141. The van der Waals surface area contributed by atoms with E-state index < -0.39 is 0 Å². The van der Waals surface area contributed by atoms with E-state index in [0.717, 1.165) is 9.13 Å². The zero-order valence-electron chi connectivity index (χ0n) is 7.87. The first-order valence-corrected chi connectivity index (χ1v) is 5.29. The second-order valence-corrected chi connectivity index (χ2v) is 4.19. The number of nitrogens with two attached hydrogens (primary N) is 1. The standard InChI is InChI=1S/C10H12INO2/c1-14-10(13)6-9(12)7-3-2-4-8(11)5-7/h2-5,9H,6,12H2,1H3/t9-/m0/s1. The molecule has 0 amide bonds. The predicted octanol–water partition coefficient (Wildman–Crippen LogP) is 1.85. The van der Waals surface area contributed by atoms with Crippen LogP contribution in [0.3, 0.4) is 0 Å². The Morgan fingerprint density at radius 2 is 2.36 bits per heavy atom. The summed E-state index contributed by atoms with van der Waals surface area (Å²) in [6.07, 6.45) is 0.219. The van der Waals surface area contributed by atoms with Gasteiger partial charge in [0, 0.05) is 9.61 Å². The van der Waals surface area contributed by atoms with Gasteiger partial charge in [-0.25, -0.2) is 0 Å². The second kappa shape index (κ2) is 5.31. The highest BCUT2D eigenvalue weighted by molar-refractivity contribution is 14.1. The van der Waals surface area contributed by atoms with E-state index >= 15 is 0 Å². The van der Waals surface area contributed by atoms with Crippen LogP contribution in [-0.4, -0.2) is 13.1 Å². The van der Waals surface area contributed by atoms with Crippen LogP contribution in [-0.2, 0) is 9.53 Å². The number of carbonyl (C=O) groups excluding carboxylic acids is 1. The van der Waals surface area contributed by atoms with Crippen molar-refractivity contribution in [3.63, 3.8) is 0 Å². The van der Waals surface area contributed by atoms with Crippen LogP contribution < -0.4 is 5.73 Å². The number of hydrogen-bond donors (Lipinski definition) is 1. The quantitative estimate of drug-likeness (QED) is 0.685. The Labute approximate surface area is 96.8 Å². The van der Waals surface area contributed by atoms with Crippen LogP contribution in [0.15, 0.2) is 24.3 Å². The van der Waals surface area contributed by atoms with E-state index in [1.54, 1.807) is 0 Å². The van der Waals surface area contributed by atoms with Crippen LogP contribution in [0.2, 0.25) is 0 Å². The molecule has 0 heterocycles. The predicted molar refractivity (Wildman–Crippen MR) is 62.7 cm³/mol. The SMILES string of the molecule is COC(=O)C[C@H](N)c1cccc(I)c1. The summed E-state index contributed by atoms with van der Waals surface area (Å²) in [4.78, 5) is 11.0. The highest BCUT2D eigenvalue weighted by atomic mass is 127. The number of halogens is 1. The second-order valence-electron chi connectivity index (χ2n) is 2.94. The van der Waals surface area contributed by atoms with Crippen LogP contribution in [0.5, 0.6) is 0 Å². The Kier molecular flexibility index (Phi) is 4.34. The third kappa shape index (κ3) is 3.26. The molecular formula is C10H12INO2. The number of rotatable bonds is 3. The van der Waals surface area contributed by atoms with Gasteiger partial charge in [-0.05, 0) is 40.3 Å². The van der Waals surface area contributed by atoms with Crippen LogP contribution >= 0.6 is 22.6 Å². The van der Waals surface area contributed by atoms with Gasteiger partial charge in [0.25, 0.3) is 0 Å². The number of carbonyl (C=O) groups is 1. The normalized spacial score (nSPS) is 12.2. The Balaban J connectivity index is 2.69. The summed E-state index contributed by atoms with van der Waals surface area (Å²) in [5.41, 5.74) is 6.80. The molecule has 3 nitrogen and oxygen atoms in total. The first-order valence-electron chi connectivity index (χ1n) is 4.21. The Morgan fingerprint density at radius 1 is 1.64 bits per heavy atom. The average molecular weight is 305 g/mol. The van der Waals surface area contributed by atoms with Gasteiger partial charge >= 0.3 is 5.97 Å². The van der Waals surface area contributed by atoms with E-state index in [9.17, 15) is 4.79 Å². The van der Waals surface area contributed by atoms with E-state index in [2.05, 4.69) is 27.3 Å². The fourth-order valence-corrected chi connectivity index (χ4v) is 1.69. The number of hydrogen-bond acceptors (Lipinski definition) is 3. The molecule has 0 saturated heterocycles. The minimum Gasteiger partial charge on any atom is -0.469 e. The van der Waals surface area contributed by atoms with E-state index in [1.165, 1.54) is 7.11 Å². The summed E-state index contributed by atoms with van der Waals surface area (Å²) in [6, 6.07) is 7.50. The largest absolute Gasteiger partial charge is 0.469 e. The van der Waals surface area contributed by atoms with Crippen LogP contribution in [0.25, 0.3) is 0 Å². The molecule has 0 unspecified atom stereocenters. The smallest absolute Gasteiger partial charge is 0.307 e. The molecule has 0 spiro atoms. The highest BCUT2D eigenvalue weighted by Crippen LogP contribution is 2.16. The van der Waals surface area contributed by atoms with Gasteiger partial charge < -0.3 is 10.5 Å². The maximum atomic E-state index is 11.0. The molecule has 2 N–H and O–H groups in total. The van der Waals surface area contributed by atoms with Crippen LogP contribution in [0, 0.1) is 3.57 Å². The van der Waals surface area contributed by atoms with Crippen molar-refractivity contribution in [3.8, 4) is 0 Å². The van der Waals surface area contributed by atoms with Crippen molar-refractivity contribution < 1.29 is 9.53 Å². The van der Waals surface area contributed by atoms with E-state index in [1.807, 2.05) is 24.3 Å². The summed E-state index contributed by atoms with van der Waals surface area (Å²) in [6.45, 7) is 0. The lowest BCUT2D eigenvalue weighted by Gasteiger charge is -2.10. The van der Waals surface area contributed by atoms with Crippen LogP contribution in [0.4, 0.5) is 0 Å². The molecule has 76 valence electrons. The van der Waals surface area contributed by atoms with Crippen molar-refractivity contribution in [2.75, 3.05) is 7.11 Å². The summed E-state index contributed by atoms with van der Waals surface area (Å²) in [5.74, 6) is -0.281. The van der Waals surface area contributed by atoms with Gasteiger partial charge in [-0.15, -0.1) is 0 Å². The molecule has 1 aromatic carbocycles. The first-order chi connectivity index (χ1) is 6.63. The van der Waals surface area contributed by atoms with Crippen LogP contribution in [0.1, 0.15) is 18.0 Å². The lowest BCUT2D eigenvalue weighted by Crippen LogP contribution is -2.16. The summed E-state index contributed by atoms with van der Waals surface area (Å²) >= 11 is 2.21. The Morgan fingerprint density at radius 3 is 2.93 bits per heavy atom. The summed E-state index contributed by atoms with van der Waals surface area (Å²) < 4.78 is 5.66. The molecule has 0 aromatic heterocycles. The first kappa shape index (κ1) is 11.5. The molecule has 0 aliphatic heterocycles. The molecule has 0 radical (unpaired) electrons. The molecule has 4 heteroatoms. The monoisotopic (exact) mass is 305 g/mol.